The highest BCUT2D eigenvalue weighted by molar-refractivity contribution is 14.0. The number of nitrogens with one attached hydrogen (secondary N) is 2. The van der Waals surface area contributed by atoms with Crippen LogP contribution in [0.5, 0.6) is 0 Å². The molecule has 1 aliphatic rings. The van der Waals surface area contributed by atoms with Gasteiger partial charge in [-0.05, 0) is 19.8 Å². The first-order valence-corrected chi connectivity index (χ1v) is 9.01. The van der Waals surface area contributed by atoms with Crippen molar-refractivity contribution in [3.05, 3.63) is 28.2 Å². The van der Waals surface area contributed by atoms with Crippen molar-refractivity contribution in [1.82, 2.24) is 20.5 Å². The van der Waals surface area contributed by atoms with Gasteiger partial charge in [-0.15, -0.1) is 35.3 Å². The second-order valence-corrected chi connectivity index (χ2v) is 7.14. The van der Waals surface area contributed by atoms with E-state index in [2.05, 4.69) is 32.1 Å². The molecule has 2 N–H and O–H groups in total. The predicted molar refractivity (Wildman–Crippen MR) is 110 cm³/mol. The Kier molecular flexibility index (Phi) is 9.31. The molecule has 2 rings (SSSR count). The van der Waals surface area contributed by atoms with Gasteiger partial charge in [0, 0.05) is 38.1 Å². The summed E-state index contributed by atoms with van der Waals surface area (Å²) in [6.45, 7) is 9.08. The summed E-state index contributed by atoms with van der Waals surface area (Å²) < 4.78 is 37.7. The van der Waals surface area contributed by atoms with Crippen LogP contribution in [0.25, 0.3) is 0 Å². The molecule has 0 saturated carbocycles. The predicted octanol–water partition coefficient (Wildman–Crippen LogP) is 3.49. The Hall–Kier alpha value is -0.880. The largest absolute Gasteiger partial charge is 0.434 e. The van der Waals surface area contributed by atoms with E-state index < -0.39 is 11.9 Å². The van der Waals surface area contributed by atoms with Crippen molar-refractivity contribution in [3.63, 3.8) is 0 Å². The fourth-order valence-electron chi connectivity index (χ4n) is 2.69. The Morgan fingerprint density at radius 2 is 2.08 bits per heavy atom. The van der Waals surface area contributed by atoms with E-state index in [1.807, 2.05) is 6.92 Å². The fourth-order valence-corrected chi connectivity index (χ4v) is 3.43. The van der Waals surface area contributed by atoms with Crippen LogP contribution < -0.4 is 10.6 Å². The number of aromatic nitrogens is 1. The Bertz CT molecular complexity index is 609. The number of hydrogen-bond acceptors (Lipinski definition) is 4. The van der Waals surface area contributed by atoms with Gasteiger partial charge in [-0.25, -0.2) is 4.98 Å². The lowest BCUT2D eigenvalue weighted by Gasteiger charge is -2.33. The standard InChI is InChI=1S/C16H24F3N5S.HI/c1-11(2)9-24-6-4-12(5-7-24)22-15(20-3)21-8-14-23-13(10-25-14)16(17,18)19;/h10,12H,1,4-9H2,2-3H3,(H2,20,21,22);1H. The first kappa shape index (κ1) is 23.2. The summed E-state index contributed by atoms with van der Waals surface area (Å²) in [5, 5.41) is 7.78. The van der Waals surface area contributed by atoms with E-state index in [9.17, 15) is 13.2 Å². The minimum Gasteiger partial charge on any atom is -0.354 e. The molecule has 26 heavy (non-hydrogen) atoms. The molecule has 0 amide bonds. The molecule has 148 valence electrons. The molecule has 2 heterocycles. The molecule has 0 unspecified atom stereocenters. The third-order valence-electron chi connectivity index (χ3n) is 3.89. The van der Waals surface area contributed by atoms with Gasteiger partial charge in [-0.2, -0.15) is 13.2 Å². The molecular weight excluding hydrogens is 478 g/mol. The maximum Gasteiger partial charge on any atom is 0.434 e. The van der Waals surface area contributed by atoms with E-state index in [-0.39, 0.29) is 30.5 Å². The monoisotopic (exact) mass is 503 g/mol. The first-order valence-electron chi connectivity index (χ1n) is 8.13. The molecule has 5 nitrogen and oxygen atoms in total. The number of thiazole rings is 1. The highest BCUT2D eigenvalue weighted by Crippen LogP contribution is 2.29. The van der Waals surface area contributed by atoms with Crippen LogP contribution in [0.3, 0.4) is 0 Å². The number of alkyl halides is 3. The number of rotatable bonds is 5. The van der Waals surface area contributed by atoms with Gasteiger partial charge < -0.3 is 10.6 Å². The van der Waals surface area contributed by atoms with Gasteiger partial charge >= 0.3 is 6.18 Å². The van der Waals surface area contributed by atoms with Crippen LogP contribution in [-0.4, -0.2) is 48.6 Å². The molecule has 0 spiro atoms. The SMILES string of the molecule is C=C(C)CN1CCC(NC(=NC)NCc2nc(C(F)(F)F)cs2)CC1.I. The van der Waals surface area contributed by atoms with Crippen molar-refractivity contribution in [2.45, 2.75) is 38.5 Å². The average Bonchev–Trinajstić information content (AvgIpc) is 3.02. The normalized spacial score (nSPS) is 16.9. The highest BCUT2D eigenvalue weighted by atomic mass is 127. The fraction of sp³-hybridized carbons (Fsp3) is 0.625. The Morgan fingerprint density at radius 1 is 1.42 bits per heavy atom. The smallest absolute Gasteiger partial charge is 0.354 e. The van der Waals surface area contributed by atoms with Crippen LogP contribution in [0.1, 0.15) is 30.5 Å². The highest BCUT2D eigenvalue weighted by Gasteiger charge is 2.33. The summed E-state index contributed by atoms with van der Waals surface area (Å²) in [6, 6.07) is 0.301. The second kappa shape index (κ2) is 10.5. The lowest BCUT2D eigenvalue weighted by molar-refractivity contribution is -0.140. The maximum atomic E-state index is 12.6. The summed E-state index contributed by atoms with van der Waals surface area (Å²) in [5.74, 6) is 0.585. The van der Waals surface area contributed by atoms with Crippen LogP contribution in [-0.2, 0) is 12.7 Å². The Labute approximate surface area is 173 Å². The van der Waals surface area contributed by atoms with Gasteiger partial charge in [0.05, 0.1) is 6.54 Å². The van der Waals surface area contributed by atoms with Crippen molar-refractivity contribution >= 4 is 41.3 Å². The second-order valence-electron chi connectivity index (χ2n) is 6.20. The summed E-state index contributed by atoms with van der Waals surface area (Å²) >= 11 is 0.990. The molecule has 0 bridgehead atoms. The van der Waals surface area contributed by atoms with Crippen LogP contribution >= 0.6 is 35.3 Å². The molecule has 0 aliphatic carbocycles. The topological polar surface area (TPSA) is 52.5 Å². The number of aliphatic imine (C=N–C) groups is 1. The van der Waals surface area contributed by atoms with E-state index in [1.54, 1.807) is 7.05 Å². The van der Waals surface area contributed by atoms with Crippen LogP contribution in [0, 0.1) is 0 Å². The number of nitrogens with zero attached hydrogens (tertiary/aromatic N) is 3. The van der Waals surface area contributed by atoms with Crippen molar-refractivity contribution < 1.29 is 13.2 Å². The zero-order valence-corrected chi connectivity index (χ0v) is 18.0. The molecular formula is C16H25F3IN5S. The van der Waals surface area contributed by atoms with Crippen LogP contribution in [0.4, 0.5) is 13.2 Å². The molecule has 1 aliphatic heterocycles. The Balaban J connectivity index is 0.00000338. The van der Waals surface area contributed by atoms with Gasteiger partial charge in [0.15, 0.2) is 11.7 Å². The Morgan fingerprint density at radius 3 is 2.58 bits per heavy atom. The zero-order chi connectivity index (χ0) is 18.4. The number of likely N-dealkylation sites (tertiary alicyclic amines) is 1. The summed E-state index contributed by atoms with van der Waals surface area (Å²) in [6.07, 6.45) is -2.42. The maximum absolute atomic E-state index is 12.6. The molecule has 1 aromatic heterocycles. The third-order valence-corrected chi connectivity index (χ3v) is 4.74. The van der Waals surface area contributed by atoms with E-state index in [4.69, 9.17) is 0 Å². The molecule has 10 heteroatoms. The molecule has 0 radical (unpaired) electrons. The van der Waals surface area contributed by atoms with Crippen molar-refractivity contribution in [1.29, 1.82) is 0 Å². The summed E-state index contributed by atoms with van der Waals surface area (Å²) in [7, 11) is 1.65. The van der Waals surface area contributed by atoms with Crippen LogP contribution in [0.2, 0.25) is 0 Å². The lowest BCUT2D eigenvalue weighted by Crippen LogP contribution is -2.48. The van der Waals surface area contributed by atoms with Gasteiger partial charge in [0.2, 0.25) is 0 Å². The van der Waals surface area contributed by atoms with E-state index in [1.165, 1.54) is 0 Å². The molecule has 1 fully saturated rings. The van der Waals surface area contributed by atoms with Crippen molar-refractivity contribution in [2.75, 3.05) is 26.7 Å². The lowest BCUT2D eigenvalue weighted by atomic mass is 10.0. The minimum atomic E-state index is -4.40. The molecule has 1 saturated heterocycles. The quantitative estimate of drug-likeness (QED) is 0.280. The number of piperidine rings is 1. The minimum absolute atomic E-state index is 0. The van der Waals surface area contributed by atoms with Gasteiger partial charge in [0.1, 0.15) is 5.01 Å². The first-order chi connectivity index (χ1) is 11.8. The van der Waals surface area contributed by atoms with Gasteiger partial charge in [-0.1, -0.05) is 12.2 Å². The molecule has 0 aromatic carbocycles. The zero-order valence-electron chi connectivity index (χ0n) is 14.9. The van der Waals surface area contributed by atoms with Crippen LogP contribution in [0.15, 0.2) is 22.5 Å². The van der Waals surface area contributed by atoms with Gasteiger partial charge in [-0.3, -0.25) is 9.89 Å². The number of hydrogen-bond donors (Lipinski definition) is 2. The summed E-state index contributed by atoms with van der Waals surface area (Å²) in [4.78, 5) is 10.1. The number of guanidine groups is 1. The van der Waals surface area contributed by atoms with E-state index >= 15 is 0 Å². The van der Waals surface area contributed by atoms with E-state index in [0.29, 0.717) is 17.0 Å². The van der Waals surface area contributed by atoms with Crippen molar-refractivity contribution in [3.8, 4) is 0 Å². The third kappa shape index (κ3) is 7.39. The van der Waals surface area contributed by atoms with Crippen molar-refractivity contribution in [2.24, 2.45) is 4.99 Å². The van der Waals surface area contributed by atoms with E-state index in [0.717, 1.165) is 54.8 Å². The average molecular weight is 503 g/mol. The summed E-state index contributed by atoms with van der Waals surface area (Å²) in [5.41, 5.74) is 0.313. The number of halogens is 4. The molecule has 0 atom stereocenters. The van der Waals surface area contributed by atoms with Gasteiger partial charge in [0.25, 0.3) is 0 Å². The molecule has 1 aromatic rings.